The molecule has 1 fully saturated rings. The molecule has 0 aromatic carbocycles. The number of fused-ring (bicyclic) bond motifs is 1. The molecule has 1 saturated carbocycles. The van der Waals surface area contributed by atoms with Gasteiger partial charge in [0.15, 0.2) is 5.65 Å². The molecule has 0 spiro atoms. The Morgan fingerprint density at radius 1 is 1.21 bits per heavy atom. The largest absolute Gasteiger partial charge is 0.367 e. The Hall–Kier alpha value is -1.36. The van der Waals surface area contributed by atoms with E-state index in [0.29, 0.717) is 11.7 Å². The molecule has 19 heavy (non-hydrogen) atoms. The minimum absolute atomic E-state index is 0.535. The minimum Gasteiger partial charge on any atom is -0.367 e. The lowest BCUT2D eigenvalue weighted by atomic mass is 9.95. The van der Waals surface area contributed by atoms with Gasteiger partial charge in [-0.3, -0.25) is 4.98 Å². The summed E-state index contributed by atoms with van der Waals surface area (Å²) >= 11 is 1.98. The van der Waals surface area contributed by atoms with Gasteiger partial charge in [-0.15, -0.1) is 0 Å². The van der Waals surface area contributed by atoms with Gasteiger partial charge in [-0.2, -0.15) is 11.8 Å². The number of thioether (sulfide) groups is 1. The Bertz CT molecular complexity index is 560. The first-order valence-electron chi connectivity index (χ1n) is 6.72. The highest BCUT2D eigenvalue weighted by atomic mass is 32.2. The van der Waals surface area contributed by atoms with E-state index in [1.807, 2.05) is 23.9 Å². The first kappa shape index (κ1) is 12.7. The van der Waals surface area contributed by atoms with Gasteiger partial charge in [0.05, 0.1) is 0 Å². The number of aromatic nitrogens is 3. The molecule has 1 aliphatic rings. The summed E-state index contributed by atoms with van der Waals surface area (Å²) < 4.78 is 0. The molecular formula is C14H18N4S. The summed E-state index contributed by atoms with van der Waals surface area (Å²) in [4.78, 5) is 13.0. The SMILES string of the molecule is CS[C@@H]1CCC[C@H](Nc2ccc3nccnc3n2)C1. The molecule has 0 saturated heterocycles. The van der Waals surface area contributed by atoms with Crippen molar-refractivity contribution in [2.45, 2.75) is 37.0 Å². The fourth-order valence-corrected chi connectivity index (χ4v) is 3.46. The average Bonchev–Trinajstić information content (AvgIpc) is 2.47. The minimum atomic E-state index is 0.535. The van der Waals surface area contributed by atoms with Crippen LogP contribution in [0.1, 0.15) is 25.7 Å². The van der Waals surface area contributed by atoms with Crippen molar-refractivity contribution in [1.29, 1.82) is 0 Å². The van der Waals surface area contributed by atoms with Gasteiger partial charge in [-0.1, -0.05) is 6.42 Å². The van der Waals surface area contributed by atoms with Crippen molar-refractivity contribution < 1.29 is 0 Å². The highest BCUT2D eigenvalue weighted by molar-refractivity contribution is 7.99. The Labute approximate surface area is 117 Å². The maximum Gasteiger partial charge on any atom is 0.180 e. The van der Waals surface area contributed by atoms with E-state index >= 15 is 0 Å². The van der Waals surface area contributed by atoms with E-state index in [0.717, 1.165) is 16.6 Å². The summed E-state index contributed by atoms with van der Waals surface area (Å²) in [5.41, 5.74) is 1.56. The van der Waals surface area contributed by atoms with Crippen LogP contribution in [-0.2, 0) is 0 Å². The normalized spacial score (nSPS) is 23.4. The highest BCUT2D eigenvalue weighted by Crippen LogP contribution is 2.28. The van der Waals surface area contributed by atoms with Crippen LogP contribution in [0.2, 0.25) is 0 Å². The zero-order valence-corrected chi connectivity index (χ0v) is 11.9. The summed E-state index contributed by atoms with van der Waals surface area (Å²) in [6, 6.07) is 4.51. The van der Waals surface area contributed by atoms with E-state index in [1.54, 1.807) is 12.4 Å². The van der Waals surface area contributed by atoms with Gasteiger partial charge in [0.1, 0.15) is 11.3 Å². The van der Waals surface area contributed by atoms with Crippen LogP contribution in [0, 0.1) is 0 Å². The topological polar surface area (TPSA) is 50.7 Å². The summed E-state index contributed by atoms with van der Waals surface area (Å²) in [6.45, 7) is 0. The van der Waals surface area contributed by atoms with E-state index in [1.165, 1.54) is 25.7 Å². The van der Waals surface area contributed by atoms with Crippen molar-refractivity contribution in [1.82, 2.24) is 15.0 Å². The Kier molecular flexibility index (Phi) is 3.82. The van der Waals surface area contributed by atoms with E-state index in [-0.39, 0.29) is 0 Å². The molecule has 0 bridgehead atoms. The molecule has 2 heterocycles. The maximum atomic E-state index is 4.53. The molecule has 2 aromatic rings. The number of pyridine rings is 1. The Morgan fingerprint density at radius 3 is 3.00 bits per heavy atom. The monoisotopic (exact) mass is 274 g/mol. The predicted molar refractivity (Wildman–Crippen MR) is 80.5 cm³/mol. The zero-order valence-electron chi connectivity index (χ0n) is 11.0. The fourth-order valence-electron chi connectivity index (χ4n) is 2.63. The van der Waals surface area contributed by atoms with Crippen molar-refractivity contribution in [2.24, 2.45) is 0 Å². The van der Waals surface area contributed by atoms with Crippen LogP contribution in [-0.4, -0.2) is 32.5 Å². The van der Waals surface area contributed by atoms with E-state index in [4.69, 9.17) is 0 Å². The van der Waals surface area contributed by atoms with Crippen LogP contribution in [0.15, 0.2) is 24.5 Å². The lowest BCUT2D eigenvalue weighted by molar-refractivity contribution is 0.473. The molecule has 5 heteroatoms. The van der Waals surface area contributed by atoms with Crippen LogP contribution >= 0.6 is 11.8 Å². The summed E-state index contributed by atoms with van der Waals surface area (Å²) in [7, 11) is 0. The molecule has 1 N–H and O–H groups in total. The zero-order chi connectivity index (χ0) is 13.1. The van der Waals surface area contributed by atoms with Gasteiger partial charge in [0, 0.05) is 23.7 Å². The third-order valence-electron chi connectivity index (χ3n) is 3.64. The number of hydrogen-bond donors (Lipinski definition) is 1. The van der Waals surface area contributed by atoms with Crippen molar-refractivity contribution in [2.75, 3.05) is 11.6 Å². The van der Waals surface area contributed by atoms with Gasteiger partial charge in [0.2, 0.25) is 0 Å². The van der Waals surface area contributed by atoms with Crippen LogP contribution in [0.5, 0.6) is 0 Å². The van der Waals surface area contributed by atoms with Gasteiger partial charge in [0.25, 0.3) is 0 Å². The van der Waals surface area contributed by atoms with Gasteiger partial charge in [-0.05, 0) is 37.7 Å². The van der Waals surface area contributed by atoms with Gasteiger partial charge < -0.3 is 5.32 Å². The number of nitrogens with one attached hydrogen (secondary N) is 1. The van der Waals surface area contributed by atoms with Crippen LogP contribution < -0.4 is 5.32 Å². The molecule has 0 amide bonds. The lowest BCUT2D eigenvalue weighted by Gasteiger charge is -2.29. The molecule has 0 unspecified atom stereocenters. The van der Waals surface area contributed by atoms with Crippen LogP contribution in [0.3, 0.4) is 0 Å². The summed E-state index contributed by atoms with van der Waals surface area (Å²) in [5.74, 6) is 0.916. The highest BCUT2D eigenvalue weighted by Gasteiger charge is 2.21. The molecule has 1 aliphatic carbocycles. The molecule has 0 radical (unpaired) electrons. The van der Waals surface area contributed by atoms with Crippen molar-refractivity contribution in [3.05, 3.63) is 24.5 Å². The summed E-state index contributed by atoms with van der Waals surface area (Å²) in [5, 5.41) is 4.33. The van der Waals surface area contributed by atoms with Gasteiger partial charge >= 0.3 is 0 Å². The first-order chi connectivity index (χ1) is 9.35. The number of rotatable bonds is 3. The van der Waals surface area contributed by atoms with Gasteiger partial charge in [-0.25, -0.2) is 9.97 Å². The standard InChI is InChI=1S/C14H18N4S/c1-19-11-4-2-3-10(9-11)17-13-6-5-12-14(18-13)16-8-7-15-12/h5-8,10-11H,2-4,9H2,1H3,(H,16,17,18)/t10-,11+/m0/s1. The molecule has 100 valence electrons. The van der Waals surface area contributed by atoms with Crippen molar-refractivity contribution >= 4 is 28.7 Å². The molecular weight excluding hydrogens is 256 g/mol. The average molecular weight is 274 g/mol. The number of hydrogen-bond acceptors (Lipinski definition) is 5. The maximum absolute atomic E-state index is 4.53. The van der Waals surface area contributed by atoms with E-state index < -0.39 is 0 Å². The quantitative estimate of drug-likeness (QED) is 0.932. The molecule has 2 aromatic heterocycles. The second kappa shape index (κ2) is 5.74. The van der Waals surface area contributed by atoms with E-state index in [2.05, 4.69) is 26.5 Å². The van der Waals surface area contributed by atoms with Crippen molar-refractivity contribution in [3.63, 3.8) is 0 Å². The Balaban J connectivity index is 1.74. The molecule has 3 rings (SSSR count). The number of nitrogens with zero attached hydrogens (tertiary/aromatic N) is 3. The fraction of sp³-hybridized carbons (Fsp3) is 0.500. The lowest BCUT2D eigenvalue weighted by Crippen LogP contribution is -2.28. The smallest absolute Gasteiger partial charge is 0.180 e. The van der Waals surface area contributed by atoms with Crippen LogP contribution in [0.25, 0.3) is 11.2 Å². The number of anilines is 1. The first-order valence-corrected chi connectivity index (χ1v) is 8.01. The molecule has 2 atom stereocenters. The second-order valence-electron chi connectivity index (χ2n) is 4.96. The third-order valence-corrected chi connectivity index (χ3v) is 4.74. The van der Waals surface area contributed by atoms with Crippen LogP contribution in [0.4, 0.5) is 5.82 Å². The predicted octanol–water partition coefficient (Wildman–Crippen LogP) is 3.11. The molecule has 0 aliphatic heterocycles. The molecule has 4 nitrogen and oxygen atoms in total. The Morgan fingerprint density at radius 2 is 2.11 bits per heavy atom. The van der Waals surface area contributed by atoms with E-state index in [9.17, 15) is 0 Å². The third kappa shape index (κ3) is 2.97. The second-order valence-corrected chi connectivity index (χ2v) is 6.10. The van der Waals surface area contributed by atoms with Crippen molar-refractivity contribution in [3.8, 4) is 0 Å². The summed E-state index contributed by atoms with van der Waals surface area (Å²) in [6.07, 6.45) is 10.7.